The summed E-state index contributed by atoms with van der Waals surface area (Å²) in [5.74, 6) is -0.00898. The third kappa shape index (κ3) is 2.15. The zero-order valence-electron chi connectivity index (χ0n) is 6.56. The van der Waals surface area contributed by atoms with Gasteiger partial charge in [0, 0.05) is 12.6 Å². The highest BCUT2D eigenvalue weighted by Gasteiger charge is 2.24. The fourth-order valence-corrected chi connectivity index (χ4v) is 1.14. The van der Waals surface area contributed by atoms with Crippen molar-refractivity contribution < 1.29 is 9.18 Å². The van der Waals surface area contributed by atoms with Crippen molar-refractivity contribution in [2.75, 3.05) is 13.2 Å². The van der Waals surface area contributed by atoms with E-state index in [2.05, 4.69) is 10.6 Å². The van der Waals surface area contributed by atoms with Crippen LogP contribution in [-0.2, 0) is 4.79 Å². The van der Waals surface area contributed by atoms with Gasteiger partial charge in [0.15, 0.2) is 0 Å². The van der Waals surface area contributed by atoms with Gasteiger partial charge in [-0.15, -0.1) is 0 Å². The molecule has 0 aromatic heterocycles. The molecule has 4 heteroatoms. The Hall–Kier alpha value is -0.640. The van der Waals surface area contributed by atoms with E-state index in [1.54, 1.807) is 6.92 Å². The molecule has 2 atom stereocenters. The Morgan fingerprint density at radius 2 is 2.64 bits per heavy atom. The minimum absolute atomic E-state index is 0.00898. The lowest BCUT2D eigenvalue weighted by molar-refractivity contribution is -0.121. The second-order valence-electron chi connectivity index (χ2n) is 2.85. The summed E-state index contributed by atoms with van der Waals surface area (Å²) in [5, 5.41) is 5.57. The highest BCUT2D eigenvalue weighted by atomic mass is 19.1. The van der Waals surface area contributed by atoms with Crippen LogP contribution in [0.3, 0.4) is 0 Å². The average Bonchev–Trinajstić information content (AvgIpc) is 2.37. The summed E-state index contributed by atoms with van der Waals surface area (Å²) in [6.07, 6.45) is 0.767. The van der Waals surface area contributed by atoms with E-state index in [9.17, 15) is 9.18 Å². The molecule has 1 aliphatic rings. The molecule has 0 spiro atoms. The number of carbonyl (C=O) groups is 1. The highest BCUT2D eigenvalue weighted by Crippen LogP contribution is 2.00. The quantitative estimate of drug-likeness (QED) is 0.601. The molecular formula is C7H13FN2O. The van der Waals surface area contributed by atoms with Gasteiger partial charge in [-0.3, -0.25) is 4.79 Å². The maximum Gasteiger partial charge on any atom is 0.237 e. The zero-order valence-corrected chi connectivity index (χ0v) is 6.56. The van der Waals surface area contributed by atoms with Gasteiger partial charge in [0.1, 0.15) is 6.67 Å². The summed E-state index contributed by atoms with van der Waals surface area (Å²) < 4.78 is 12.0. The van der Waals surface area contributed by atoms with Crippen LogP contribution in [0.4, 0.5) is 4.39 Å². The van der Waals surface area contributed by atoms with Crippen LogP contribution in [0, 0.1) is 0 Å². The van der Waals surface area contributed by atoms with Gasteiger partial charge in [0.05, 0.1) is 6.04 Å². The molecule has 1 amide bonds. The standard InChI is InChI=1S/C7H13FN2O/c1-5(4-8)10-6-2-3-9-7(6)11/h5-6,10H,2-4H2,1H3,(H,9,11)/t5-,6?/m0/s1. The Morgan fingerprint density at radius 3 is 3.09 bits per heavy atom. The maximum absolute atomic E-state index is 12.0. The Morgan fingerprint density at radius 1 is 1.91 bits per heavy atom. The van der Waals surface area contributed by atoms with Crippen molar-refractivity contribution >= 4 is 5.91 Å². The number of halogens is 1. The van der Waals surface area contributed by atoms with Crippen LogP contribution >= 0.6 is 0 Å². The Bertz CT molecular complexity index is 151. The van der Waals surface area contributed by atoms with E-state index in [1.165, 1.54) is 0 Å². The van der Waals surface area contributed by atoms with Gasteiger partial charge in [-0.1, -0.05) is 0 Å². The molecule has 1 fully saturated rings. The first-order chi connectivity index (χ1) is 5.24. The van der Waals surface area contributed by atoms with Crippen molar-refractivity contribution in [2.24, 2.45) is 0 Å². The summed E-state index contributed by atoms with van der Waals surface area (Å²) in [5.41, 5.74) is 0. The van der Waals surface area contributed by atoms with Crippen molar-refractivity contribution in [1.82, 2.24) is 10.6 Å². The lowest BCUT2D eigenvalue weighted by Gasteiger charge is -2.13. The molecule has 0 aromatic carbocycles. The third-order valence-corrected chi connectivity index (χ3v) is 1.77. The van der Waals surface area contributed by atoms with E-state index in [-0.39, 0.29) is 18.0 Å². The summed E-state index contributed by atoms with van der Waals surface area (Å²) in [4.78, 5) is 10.9. The molecule has 0 aromatic rings. The number of hydrogen-bond donors (Lipinski definition) is 2. The molecule has 0 saturated carbocycles. The molecule has 1 heterocycles. The summed E-state index contributed by atoms with van der Waals surface area (Å²) in [7, 11) is 0. The smallest absolute Gasteiger partial charge is 0.237 e. The van der Waals surface area contributed by atoms with Crippen LogP contribution < -0.4 is 10.6 Å². The molecule has 3 nitrogen and oxygen atoms in total. The summed E-state index contributed by atoms with van der Waals surface area (Å²) in [6.45, 7) is 2.00. The normalized spacial score (nSPS) is 26.7. The van der Waals surface area contributed by atoms with Crippen molar-refractivity contribution in [3.05, 3.63) is 0 Å². The Balaban J connectivity index is 2.30. The number of hydrogen-bond acceptors (Lipinski definition) is 2. The van der Waals surface area contributed by atoms with Crippen LogP contribution in [0.2, 0.25) is 0 Å². The molecule has 11 heavy (non-hydrogen) atoms. The van der Waals surface area contributed by atoms with Crippen LogP contribution in [0.1, 0.15) is 13.3 Å². The second kappa shape index (κ2) is 3.67. The Labute approximate surface area is 65.3 Å². The Kier molecular flexibility index (Phi) is 2.82. The van der Waals surface area contributed by atoms with Gasteiger partial charge in [0.25, 0.3) is 0 Å². The van der Waals surface area contributed by atoms with Crippen molar-refractivity contribution in [3.8, 4) is 0 Å². The van der Waals surface area contributed by atoms with Gasteiger partial charge >= 0.3 is 0 Å². The molecule has 0 bridgehead atoms. The van der Waals surface area contributed by atoms with Crippen LogP contribution in [0.15, 0.2) is 0 Å². The number of nitrogens with one attached hydrogen (secondary N) is 2. The second-order valence-corrected chi connectivity index (χ2v) is 2.85. The molecule has 2 N–H and O–H groups in total. The van der Waals surface area contributed by atoms with Gasteiger partial charge < -0.3 is 10.6 Å². The molecular weight excluding hydrogens is 147 g/mol. The van der Waals surface area contributed by atoms with E-state index in [4.69, 9.17) is 0 Å². The fourth-order valence-electron chi connectivity index (χ4n) is 1.14. The molecule has 1 saturated heterocycles. The number of carbonyl (C=O) groups excluding carboxylic acids is 1. The number of alkyl halides is 1. The molecule has 64 valence electrons. The van der Waals surface area contributed by atoms with E-state index in [0.29, 0.717) is 6.54 Å². The third-order valence-electron chi connectivity index (χ3n) is 1.77. The largest absolute Gasteiger partial charge is 0.355 e. The predicted octanol–water partition coefficient (Wildman–Crippen LogP) is -0.178. The minimum Gasteiger partial charge on any atom is -0.355 e. The van der Waals surface area contributed by atoms with Crippen LogP contribution in [0.25, 0.3) is 0 Å². The molecule has 0 aliphatic carbocycles. The van der Waals surface area contributed by atoms with E-state index >= 15 is 0 Å². The first-order valence-electron chi connectivity index (χ1n) is 3.83. The monoisotopic (exact) mass is 160 g/mol. The molecule has 1 unspecified atom stereocenters. The first-order valence-corrected chi connectivity index (χ1v) is 3.83. The lowest BCUT2D eigenvalue weighted by Crippen LogP contribution is -2.42. The van der Waals surface area contributed by atoms with E-state index in [1.807, 2.05) is 0 Å². The van der Waals surface area contributed by atoms with Gasteiger partial charge in [-0.2, -0.15) is 0 Å². The average molecular weight is 160 g/mol. The SMILES string of the molecule is C[C@@H](CF)NC1CCNC1=O. The first kappa shape index (κ1) is 8.46. The maximum atomic E-state index is 12.0. The van der Waals surface area contributed by atoms with Crippen molar-refractivity contribution in [2.45, 2.75) is 25.4 Å². The summed E-state index contributed by atoms with van der Waals surface area (Å²) >= 11 is 0. The van der Waals surface area contributed by atoms with Gasteiger partial charge in [0.2, 0.25) is 5.91 Å². The number of rotatable bonds is 3. The molecule has 1 rings (SSSR count). The highest BCUT2D eigenvalue weighted by molar-refractivity contribution is 5.83. The van der Waals surface area contributed by atoms with Crippen LogP contribution in [0.5, 0.6) is 0 Å². The van der Waals surface area contributed by atoms with E-state index in [0.717, 1.165) is 6.42 Å². The van der Waals surface area contributed by atoms with Crippen molar-refractivity contribution in [3.63, 3.8) is 0 Å². The minimum atomic E-state index is -0.427. The van der Waals surface area contributed by atoms with E-state index < -0.39 is 6.67 Å². The summed E-state index contributed by atoms with van der Waals surface area (Å²) in [6, 6.07) is -0.399. The van der Waals surface area contributed by atoms with Gasteiger partial charge in [-0.25, -0.2) is 4.39 Å². The fraction of sp³-hybridized carbons (Fsp3) is 0.857. The zero-order chi connectivity index (χ0) is 8.27. The van der Waals surface area contributed by atoms with Crippen LogP contribution in [-0.4, -0.2) is 31.2 Å². The lowest BCUT2D eigenvalue weighted by atomic mass is 10.2. The predicted molar refractivity (Wildman–Crippen MR) is 40.0 cm³/mol. The molecule has 1 aliphatic heterocycles. The topological polar surface area (TPSA) is 41.1 Å². The molecule has 0 radical (unpaired) electrons. The van der Waals surface area contributed by atoms with Crippen molar-refractivity contribution in [1.29, 1.82) is 0 Å². The number of amides is 1. The van der Waals surface area contributed by atoms with Gasteiger partial charge in [-0.05, 0) is 13.3 Å².